The highest BCUT2D eigenvalue weighted by atomic mass is 15.2. The van der Waals surface area contributed by atoms with Gasteiger partial charge in [0.25, 0.3) is 0 Å². The van der Waals surface area contributed by atoms with E-state index in [1.165, 1.54) is 133 Å². The minimum Gasteiger partial charge on any atom is -0.361 e. The Kier molecular flexibility index (Phi) is 12.0. The van der Waals surface area contributed by atoms with E-state index in [1.807, 2.05) is 0 Å². The van der Waals surface area contributed by atoms with Crippen molar-refractivity contribution < 1.29 is 0 Å². The molecule has 3 heteroatoms. The van der Waals surface area contributed by atoms with Gasteiger partial charge in [0.05, 0.1) is 12.1 Å². The molecule has 12 aliphatic rings. The Morgan fingerprint density at radius 1 is 0.586 bits per heavy atom. The van der Waals surface area contributed by atoms with Gasteiger partial charge in [0.15, 0.2) is 0 Å². The van der Waals surface area contributed by atoms with E-state index in [9.17, 15) is 0 Å². The van der Waals surface area contributed by atoms with Gasteiger partial charge in [-0.05, 0) is 184 Å². The smallest absolute Gasteiger partial charge is 0.0548 e. The summed E-state index contributed by atoms with van der Waals surface area (Å²) in [6.07, 6.45) is 81.4. The lowest BCUT2D eigenvalue weighted by Crippen LogP contribution is -2.60. The number of aromatic nitrogens is 1. The minimum absolute atomic E-state index is 0.0343. The van der Waals surface area contributed by atoms with Crippen molar-refractivity contribution in [2.24, 2.45) is 35.0 Å². The summed E-state index contributed by atoms with van der Waals surface area (Å²) in [5, 5.41) is 7.14. The predicted molar refractivity (Wildman–Crippen MR) is 294 cm³/mol. The highest BCUT2D eigenvalue weighted by molar-refractivity contribution is 5.66. The number of nitrogens with zero attached hydrogens (tertiary/aromatic N) is 2. The number of hydrogen-bond donors (Lipinski definition) is 1. The number of rotatable bonds is 8. The fourth-order valence-electron chi connectivity index (χ4n) is 15.3. The molecule has 0 spiro atoms. The number of nitrogens with one attached hydrogen (secondary N) is 1. The molecule has 1 N–H and O–H groups in total. The van der Waals surface area contributed by atoms with Gasteiger partial charge in [-0.15, -0.1) is 0 Å². The van der Waals surface area contributed by atoms with Gasteiger partial charge in [-0.25, -0.2) is 0 Å². The summed E-state index contributed by atoms with van der Waals surface area (Å²) < 4.78 is 2.66. The SMILES string of the molecule is CC1(C)C2C=C(C3=CC(C4=CCCCC4)C(NC4CC=CCC4)C=C3)C=CC2N(C2=CC=C(C3=CC=C4C=CCCC4C3)CC2)C2C=CC(C3C=c4c5c(n(C6=CCCCC6)c4=CC3)C=CCC5)=CC21. The van der Waals surface area contributed by atoms with Gasteiger partial charge in [0, 0.05) is 63.4 Å². The highest BCUT2D eigenvalue weighted by Crippen LogP contribution is 2.55. The summed E-state index contributed by atoms with van der Waals surface area (Å²) in [5.74, 6) is 2.24. The minimum atomic E-state index is 0.0343. The molecule has 70 heavy (non-hydrogen) atoms. The van der Waals surface area contributed by atoms with E-state index in [0.29, 0.717) is 53.8 Å². The van der Waals surface area contributed by atoms with Crippen LogP contribution in [0.4, 0.5) is 0 Å². The lowest BCUT2D eigenvalue weighted by molar-refractivity contribution is -0.00275. The van der Waals surface area contributed by atoms with E-state index in [-0.39, 0.29) is 5.41 Å². The second-order valence-electron chi connectivity index (χ2n) is 23.7. The molecular weight excluding hydrogens is 847 g/mol. The maximum Gasteiger partial charge on any atom is 0.0548 e. The van der Waals surface area contributed by atoms with Crippen LogP contribution in [-0.2, 0) is 6.42 Å². The summed E-state index contributed by atoms with van der Waals surface area (Å²) in [5.41, 5.74) is 16.8. The Hall–Kier alpha value is -5.12. The fourth-order valence-corrected chi connectivity index (χ4v) is 15.3. The first-order valence-corrected chi connectivity index (χ1v) is 28.3. The Labute approximate surface area is 419 Å². The zero-order chi connectivity index (χ0) is 46.8. The topological polar surface area (TPSA) is 20.2 Å². The first-order chi connectivity index (χ1) is 34.4. The first kappa shape index (κ1) is 44.8. The van der Waals surface area contributed by atoms with Gasteiger partial charge < -0.3 is 14.8 Å². The van der Waals surface area contributed by atoms with Crippen molar-refractivity contribution in [1.29, 1.82) is 0 Å². The van der Waals surface area contributed by atoms with E-state index in [1.54, 1.807) is 22.3 Å². The molecule has 3 nitrogen and oxygen atoms in total. The molecule has 1 saturated heterocycles. The molecule has 9 atom stereocenters. The van der Waals surface area contributed by atoms with E-state index < -0.39 is 0 Å². The molecule has 1 aromatic rings. The monoisotopic (exact) mass is 924 g/mol. The molecule has 2 heterocycles. The normalized spacial score (nSPS) is 33.7. The van der Waals surface area contributed by atoms with Gasteiger partial charge in [-0.2, -0.15) is 0 Å². The number of hydrogen-bond acceptors (Lipinski definition) is 2. The second-order valence-corrected chi connectivity index (χ2v) is 23.7. The summed E-state index contributed by atoms with van der Waals surface area (Å²) in [6, 6.07) is 1.54. The lowest BCUT2D eigenvalue weighted by atomic mass is 9.57. The Balaban J connectivity index is 0.860. The van der Waals surface area contributed by atoms with Gasteiger partial charge in [-0.3, -0.25) is 0 Å². The molecule has 0 saturated carbocycles. The Morgan fingerprint density at radius 2 is 1.40 bits per heavy atom. The van der Waals surface area contributed by atoms with Crippen molar-refractivity contribution in [3.63, 3.8) is 0 Å². The van der Waals surface area contributed by atoms with Crippen LogP contribution in [0.1, 0.15) is 141 Å². The zero-order valence-corrected chi connectivity index (χ0v) is 42.3. The summed E-state index contributed by atoms with van der Waals surface area (Å²) in [4.78, 5) is 2.91. The molecule has 1 fully saturated rings. The molecule has 1 aliphatic heterocycles. The van der Waals surface area contributed by atoms with Crippen LogP contribution < -0.4 is 15.9 Å². The van der Waals surface area contributed by atoms with Crippen molar-refractivity contribution in [3.05, 3.63) is 188 Å². The third kappa shape index (κ3) is 8.15. The highest BCUT2D eigenvalue weighted by Gasteiger charge is 2.53. The van der Waals surface area contributed by atoms with Gasteiger partial charge >= 0.3 is 0 Å². The van der Waals surface area contributed by atoms with Crippen molar-refractivity contribution in [1.82, 2.24) is 14.8 Å². The molecule has 9 unspecified atom stereocenters. The van der Waals surface area contributed by atoms with E-state index >= 15 is 0 Å². The van der Waals surface area contributed by atoms with Crippen LogP contribution in [0.5, 0.6) is 0 Å². The van der Waals surface area contributed by atoms with Crippen molar-refractivity contribution in [2.75, 3.05) is 0 Å². The molecular formula is C67H77N3. The molecule has 13 rings (SSSR count). The van der Waals surface area contributed by atoms with Crippen LogP contribution in [0.3, 0.4) is 0 Å². The van der Waals surface area contributed by atoms with Crippen LogP contribution in [0.2, 0.25) is 0 Å². The number of fused-ring (bicyclic) bond motifs is 6. The molecule has 0 radical (unpaired) electrons. The lowest BCUT2D eigenvalue weighted by Gasteiger charge is -2.59. The molecule has 0 amide bonds. The summed E-state index contributed by atoms with van der Waals surface area (Å²) >= 11 is 0. The van der Waals surface area contributed by atoms with Crippen molar-refractivity contribution in [3.8, 4) is 0 Å². The maximum atomic E-state index is 4.15. The quantitative estimate of drug-likeness (QED) is 0.262. The molecule has 360 valence electrons. The fraction of sp³-hybridized carbons (Fsp3) is 0.463. The predicted octanol–water partition coefficient (Wildman–Crippen LogP) is 14.3. The summed E-state index contributed by atoms with van der Waals surface area (Å²) in [7, 11) is 0. The van der Waals surface area contributed by atoms with Crippen LogP contribution in [0.25, 0.3) is 23.9 Å². The molecule has 0 aromatic carbocycles. The zero-order valence-electron chi connectivity index (χ0n) is 42.3. The number of allylic oxidation sites excluding steroid dienone is 21. The van der Waals surface area contributed by atoms with E-state index in [2.05, 4.69) is 168 Å². The average molecular weight is 924 g/mol. The van der Waals surface area contributed by atoms with E-state index in [0.717, 1.165) is 38.5 Å². The van der Waals surface area contributed by atoms with Crippen molar-refractivity contribution in [2.45, 2.75) is 160 Å². The maximum absolute atomic E-state index is 4.15. The third-order valence-corrected chi connectivity index (χ3v) is 19.2. The molecule has 1 aromatic heterocycles. The second kappa shape index (κ2) is 18.8. The average Bonchev–Trinajstić information content (AvgIpc) is 3.75. The largest absolute Gasteiger partial charge is 0.361 e. The number of piperidine rings is 1. The molecule has 11 aliphatic carbocycles. The van der Waals surface area contributed by atoms with Crippen LogP contribution in [-0.4, -0.2) is 33.6 Å². The van der Waals surface area contributed by atoms with Gasteiger partial charge in [0.2, 0.25) is 0 Å². The van der Waals surface area contributed by atoms with Gasteiger partial charge in [-0.1, -0.05) is 147 Å². The standard InChI is InChI=1S/C67H77N3/c1-67(2)60-43-52(50-30-36-62(68-54-20-8-4-9-21-54)58(41-50)47-17-6-3-7-18-47)32-38-65(60)70(56-34-28-46(29-35-56)49-27-26-45-16-12-13-19-48(45)40-49)66-39-33-53(44-61(66)67)51-31-37-64-59(42-51)57-24-14-15-25-63(57)69(64)55-22-10-5-11-23-55/h4,8,12,15-17,22,25-28,30,32-34,36-39,41-44,48,51,54,58,60-62,65-66,68H,3,5-7,9-11,13-14,18-21,23-24,29,31,35,40H2,1-2H3. The first-order valence-electron chi connectivity index (χ1n) is 28.3. The number of likely N-dealkylation sites (tertiary alicyclic amines) is 1. The van der Waals surface area contributed by atoms with Crippen LogP contribution >= 0.6 is 0 Å². The summed E-state index contributed by atoms with van der Waals surface area (Å²) in [6.45, 7) is 5.25. The molecule has 0 bridgehead atoms. The van der Waals surface area contributed by atoms with Gasteiger partial charge in [0.1, 0.15) is 0 Å². The van der Waals surface area contributed by atoms with Crippen LogP contribution in [0, 0.1) is 35.0 Å². The van der Waals surface area contributed by atoms with E-state index in [4.69, 9.17) is 0 Å². The Morgan fingerprint density at radius 3 is 2.23 bits per heavy atom. The third-order valence-electron chi connectivity index (χ3n) is 19.2. The van der Waals surface area contributed by atoms with Crippen LogP contribution in [0.15, 0.2) is 166 Å². The Bertz CT molecular complexity index is 2920. The van der Waals surface area contributed by atoms with Crippen molar-refractivity contribution >= 4 is 23.9 Å².